The van der Waals surface area contributed by atoms with Crippen molar-refractivity contribution in [2.24, 2.45) is 0 Å². The van der Waals surface area contributed by atoms with E-state index in [0.717, 1.165) is 25.2 Å². The third kappa shape index (κ3) is 3.44. The number of hydrogen-bond donors (Lipinski definition) is 2. The molecule has 1 atom stereocenters. The summed E-state index contributed by atoms with van der Waals surface area (Å²) in [7, 11) is 0. The van der Waals surface area contributed by atoms with E-state index in [2.05, 4.69) is 53.4 Å². The average Bonchev–Trinajstić information content (AvgIpc) is 2.92. The van der Waals surface area contributed by atoms with Gasteiger partial charge in [0.25, 0.3) is 0 Å². The van der Waals surface area contributed by atoms with Gasteiger partial charge in [-0.3, -0.25) is 0 Å². The van der Waals surface area contributed by atoms with Gasteiger partial charge in [-0.05, 0) is 24.5 Å². The van der Waals surface area contributed by atoms with E-state index in [1.165, 1.54) is 11.1 Å². The van der Waals surface area contributed by atoms with Crippen LogP contribution in [0.5, 0.6) is 0 Å². The molecule has 0 fully saturated rings. The number of H-pyrrole nitrogens is 1. The number of aromatic nitrogens is 2. The molecule has 1 unspecified atom stereocenters. The zero-order valence-electron chi connectivity index (χ0n) is 11.1. The van der Waals surface area contributed by atoms with Crippen LogP contribution in [0.15, 0.2) is 36.7 Å². The van der Waals surface area contributed by atoms with Crippen LogP contribution in [0.3, 0.4) is 0 Å². The van der Waals surface area contributed by atoms with Crippen LogP contribution >= 0.6 is 0 Å². The summed E-state index contributed by atoms with van der Waals surface area (Å²) in [4.78, 5) is 7.33. The van der Waals surface area contributed by atoms with Crippen LogP contribution in [-0.4, -0.2) is 16.5 Å². The predicted molar refractivity (Wildman–Crippen MR) is 74.5 cm³/mol. The lowest BCUT2D eigenvalue weighted by atomic mass is 10.0. The summed E-state index contributed by atoms with van der Waals surface area (Å²) < 4.78 is 0. The molecule has 0 aliphatic rings. The Bertz CT molecular complexity index is 445. The van der Waals surface area contributed by atoms with E-state index in [-0.39, 0.29) is 0 Å². The van der Waals surface area contributed by atoms with Crippen molar-refractivity contribution < 1.29 is 0 Å². The molecule has 3 heteroatoms. The highest BCUT2D eigenvalue weighted by Gasteiger charge is 2.04. The van der Waals surface area contributed by atoms with Crippen LogP contribution in [0.25, 0.3) is 0 Å². The maximum Gasteiger partial charge on any atom is 0.107 e. The van der Waals surface area contributed by atoms with E-state index >= 15 is 0 Å². The number of aryl methyl sites for hydroxylation is 1. The molecule has 2 N–H and O–H groups in total. The zero-order chi connectivity index (χ0) is 12.8. The summed E-state index contributed by atoms with van der Waals surface area (Å²) in [6.45, 7) is 5.31. The predicted octanol–water partition coefficient (Wildman–Crippen LogP) is 2.87. The summed E-state index contributed by atoms with van der Waals surface area (Å²) >= 11 is 0. The van der Waals surface area contributed by atoms with Crippen LogP contribution in [-0.2, 0) is 12.8 Å². The van der Waals surface area contributed by atoms with Gasteiger partial charge in [-0.15, -0.1) is 0 Å². The van der Waals surface area contributed by atoms with Gasteiger partial charge in [-0.25, -0.2) is 4.98 Å². The minimum Gasteiger partial charge on any atom is -0.349 e. The molecule has 1 aromatic carbocycles. The fraction of sp³-hybridized carbons (Fsp3) is 0.400. The Labute approximate surface area is 109 Å². The number of nitrogens with zero attached hydrogens (tertiary/aromatic N) is 1. The van der Waals surface area contributed by atoms with Gasteiger partial charge in [-0.2, -0.15) is 0 Å². The molecule has 2 aromatic rings. The SMILES string of the molecule is CCc1ccc(C(C)NCCc2ncc[nH]2)cc1. The standard InChI is InChI=1S/C15H21N3/c1-3-13-4-6-14(7-5-13)12(2)16-9-8-15-17-10-11-18-15/h4-7,10-12,16H,3,8-9H2,1-2H3,(H,17,18). The smallest absolute Gasteiger partial charge is 0.107 e. The Morgan fingerprint density at radius 3 is 2.67 bits per heavy atom. The molecule has 0 amide bonds. The highest BCUT2D eigenvalue weighted by molar-refractivity contribution is 5.24. The molecule has 18 heavy (non-hydrogen) atoms. The van der Waals surface area contributed by atoms with Crippen molar-refractivity contribution in [3.63, 3.8) is 0 Å². The van der Waals surface area contributed by atoms with Crippen molar-refractivity contribution in [1.29, 1.82) is 0 Å². The molecule has 0 aliphatic heterocycles. The molecule has 0 saturated carbocycles. The number of hydrogen-bond acceptors (Lipinski definition) is 2. The molecular weight excluding hydrogens is 222 g/mol. The first-order valence-electron chi connectivity index (χ1n) is 6.60. The van der Waals surface area contributed by atoms with Crippen LogP contribution in [0.2, 0.25) is 0 Å². The molecule has 1 heterocycles. The number of benzene rings is 1. The van der Waals surface area contributed by atoms with E-state index in [0.29, 0.717) is 6.04 Å². The number of aromatic amines is 1. The summed E-state index contributed by atoms with van der Waals surface area (Å²) in [5.41, 5.74) is 2.73. The zero-order valence-corrected chi connectivity index (χ0v) is 11.1. The van der Waals surface area contributed by atoms with Gasteiger partial charge in [-0.1, -0.05) is 31.2 Å². The summed E-state index contributed by atoms with van der Waals surface area (Å²) in [5.74, 6) is 1.04. The Morgan fingerprint density at radius 2 is 2.06 bits per heavy atom. The quantitative estimate of drug-likeness (QED) is 0.819. The van der Waals surface area contributed by atoms with Gasteiger partial charge < -0.3 is 10.3 Å². The number of rotatable bonds is 6. The minimum atomic E-state index is 0.380. The highest BCUT2D eigenvalue weighted by Crippen LogP contribution is 2.13. The van der Waals surface area contributed by atoms with Crippen LogP contribution in [0.4, 0.5) is 0 Å². The van der Waals surface area contributed by atoms with Crippen LogP contribution in [0.1, 0.15) is 36.8 Å². The van der Waals surface area contributed by atoms with Gasteiger partial charge >= 0.3 is 0 Å². The van der Waals surface area contributed by atoms with Gasteiger partial charge in [0.2, 0.25) is 0 Å². The first kappa shape index (κ1) is 12.8. The molecule has 0 bridgehead atoms. The van der Waals surface area contributed by atoms with E-state index in [9.17, 15) is 0 Å². The second-order valence-electron chi connectivity index (χ2n) is 4.56. The first-order valence-corrected chi connectivity index (χ1v) is 6.60. The molecule has 0 saturated heterocycles. The fourth-order valence-corrected chi connectivity index (χ4v) is 2.00. The lowest BCUT2D eigenvalue weighted by Crippen LogP contribution is -2.21. The number of nitrogens with one attached hydrogen (secondary N) is 2. The lowest BCUT2D eigenvalue weighted by molar-refractivity contribution is 0.571. The van der Waals surface area contributed by atoms with E-state index in [4.69, 9.17) is 0 Å². The Hall–Kier alpha value is -1.61. The van der Waals surface area contributed by atoms with Crippen molar-refractivity contribution in [2.75, 3.05) is 6.54 Å². The van der Waals surface area contributed by atoms with Crippen LogP contribution in [0, 0.1) is 0 Å². The lowest BCUT2D eigenvalue weighted by Gasteiger charge is -2.14. The molecular formula is C15H21N3. The summed E-state index contributed by atoms with van der Waals surface area (Å²) in [6, 6.07) is 9.22. The molecule has 0 aliphatic carbocycles. The third-order valence-corrected chi connectivity index (χ3v) is 3.26. The minimum absolute atomic E-state index is 0.380. The summed E-state index contributed by atoms with van der Waals surface area (Å²) in [6.07, 6.45) is 5.69. The van der Waals surface area contributed by atoms with Crippen molar-refractivity contribution in [3.05, 3.63) is 53.6 Å². The van der Waals surface area contributed by atoms with Crippen molar-refractivity contribution in [1.82, 2.24) is 15.3 Å². The Balaban J connectivity index is 1.81. The Kier molecular flexibility index (Phi) is 4.53. The Morgan fingerprint density at radius 1 is 1.28 bits per heavy atom. The molecule has 1 aromatic heterocycles. The van der Waals surface area contributed by atoms with Crippen molar-refractivity contribution in [2.45, 2.75) is 32.7 Å². The molecule has 3 nitrogen and oxygen atoms in total. The van der Waals surface area contributed by atoms with Gasteiger partial charge in [0.15, 0.2) is 0 Å². The second kappa shape index (κ2) is 6.36. The summed E-state index contributed by atoms with van der Waals surface area (Å²) in [5, 5.41) is 3.51. The van der Waals surface area contributed by atoms with Crippen LogP contribution < -0.4 is 5.32 Å². The largest absolute Gasteiger partial charge is 0.349 e. The second-order valence-corrected chi connectivity index (χ2v) is 4.56. The molecule has 2 rings (SSSR count). The molecule has 96 valence electrons. The highest BCUT2D eigenvalue weighted by atomic mass is 14.9. The average molecular weight is 243 g/mol. The topological polar surface area (TPSA) is 40.7 Å². The fourth-order valence-electron chi connectivity index (χ4n) is 2.00. The molecule has 0 radical (unpaired) electrons. The van der Waals surface area contributed by atoms with Gasteiger partial charge in [0.05, 0.1) is 0 Å². The maximum atomic E-state index is 4.21. The number of imidazole rings is 1. The van der Waals surface area contributed by atoms with Gasteiger partial charge in [0, 0.05) is 31.4 Å². The van der Waals surface area contributed by atoms with Crippen molar-refractivity contribution >= 4 is 0 Å². The van der Waals surface area contributed by atoms with E-state index in [1.54, 1.807) is 6.20 Å². The molecule has 0 spiro atoms. The third-order valence-electron chi connectivity index (χ3n) is 3.26. The van der Waals surface area contributed by atoms with E-state index in [1.807, 2.05) is 6.20 Å². The first-order chi connectivity index (χ1) is 8.79. The monoisotopic (exact) mass is 243 g/mol. The van der Waals surface area contributed by atoms with Gasteiger partial charge in [0.1, 0.15) is 5.82 Å². The maximum absolute atomic E-state index is 4.21. The van der Waals surface area contributed by atoms with E-state index < -0.39 is 0 Å². The normalized spacial score (nSPS) is 12.6. The van der Waals surface area contributed by atoms with Crippen molar-refractivity contribution in [3.8, 4) is 0 Å².